The maximum atomic E-state index is 6.17. The Bertz CT molecular complexity index is 1120. The maximum absolute atomic E-state index is 6.17. The van der Waals surface area contributed by atoms with Crippen LogP contribution in [-0.2, 0) is 22.0 Å². The van der Waals surface area contributed by atoms with Gasteiger partial charge in [0.15, 0.2) is 0 Å². The van der Waals surface area contributed by atoms with Crippen molar-refractivity contribution in [3.05, 3.63) is 77.5 Å². The summed E-state index contributed by atoms with van der Waals surface area (Å²) in [4.78, 5) is 8.56. The second-order valence-corrected chi connectivity index (χ2v) is 8.05. The average Bonchev–Trinajstić information content (AvgIpc) is 3.17. The van der Waals surface area contributed by atoms with Crippen molar-refractivity contribution in [2.45, 2.75) is 38.0 Å². The van der Waals surface area contributed by atoms with E-state index in [0.29, 0.717) is 6.61 Å². The third kappa shape index (κ3) is 1.84. The Morgan fingerprint density at radius 3 is 2.67 bits per heavy atom. The Morgan fingerprint density at radius 2 is 1.85 bits per heavy atom. The molecule has 2 aromatic carbocycles. The number of nitrogens with zero attached hydrogens (tertiary/aromatic N) is 1. The zero-order valence-corrected chi connectivity index (χ0v) is 16.1. The third-order valence-corrected chi connectivity index (χ3v) is 6.40. The van der Waals surface area contributed by atoms with Gasteiger partial charge in [0.05, 0.1) is 12.3 Å². The van der Waals surface area contributed by atoms with Crippen molar-refractivity contribution >= 4 is 22.5 Å². The zero-order chi connectivity index (χ0) is 18.8. The first-order valence-corrected chi connectivity index (χ1v) is 9.61. The molecule has 0 bridgehead atoms. The molecule has 0 radical (unpaired) electrons. The van der Waals surface area contributed by atoms with Crippen LogP contribution in [0.1, 0.15) is 37.6 Å². The molecule has 3 heteroatoms. The minimum absolute atomic E-state index is 0.252. The number of aliphatic imine (C=N–C) groups is 1. The number of hydrogen-bond acceptors (Lipinski definition) is 2. The van der Waals surface area contributed by atoms with Gasteiger partial charge in [-0.05, 0) is 30.2 Å². The first-order chi connectivity index (χ1) is 13.0. The SMILES string of the molecule is C=C1Cc2[nH]c3ccccc3c2C(C)(C)[C@@]12C(OCC)=Nc1ccccc12. The first-order valence-electron chi connectivity index (χ1n) is 9.61. The molecule has 3 aromatic rings. The van der Waals surface area contributed by atoms with E-state index < -0.39 is 5.41 Å². The van der Waals surface area contributed by atoms with Crippen LogP contribution in [0.25, 0.3) is 10.9 Å². The van der Waals surface area contributed by atoms with Crippen molar-refractivity contribution in [2.24, 2.45) is 4.99 Å². The molecule has 0 saturated carbocycles. The van der Waals surface area contributed by atoms with Crippen LogP contribution in [0.4, 0.5) is 5.69 Å². The number of aromatic nitrogens is 1. The van der Waals surface area contributed by atoms with E-state index >= 15 is 0 Å². The van der Waals surface area contributed by atoms with Crippen molar-refractivity contribution in [3.63, 3.8) is 0 Å². The van der Waals surface area contributed by atoms with Crippen LogP contribution < -0.4 is 0 Å². The van der Waals surface area contributed by atoms with Crippen LogP contribution in [0.2, 0.25) is 0 Å². The van der Waals surface area contributed by atoms with Gasteiger partial charge in [0, 0.05) is 28.4 Å². The molecule has 0 fully saturated rings. The summed E-state index contributed by atoms with van der Waals surface area (Å²) in [6.45, 7) is 11.8. The highest BCUT2D eigenvalue weighted by Crippen LogP contribution is 2.60. The fourth-order valence-electron chi connectivity index (χ4n) is 5.44. The summed E-state index contributed by atoms with van der Waals surface area (Å²) in [7, 11) is 0. The van der Waals surface area contributed by atoms with Gasteiger partial charge in [-0.15, -0.1) is 0 Å². The van der Waals surface area contributed by atoms with Crippen LogP contribution >= 0.6 is 0 Å². The van der Waals surface area contributed by atoms with E-state index in [0.717, 1.165) is 23.6 Å². The highest BCUT2D eigenvalue weighted by molar-refractivity contribution is 6.03. The number of H-pyrrole nitrogens is 1. The van der Waals surface area contributed by atoms with E-state index in [1.807, 2.05) is 13.0 Å². The highest BCUT2D eigenvalue weighted by Gasteiger charge is 2.61. The van der Waals surface area contributed by atoms with Crippen LogP contribution in [0, 0.1) is 0 Å². The second kappa shape index (κ2) is 5.35. The van der Waals surface area contributed by atoms with Gasteiger partial charge in [0.1, 0.15) is 5.41 Å². The topological polar surface area (TPSA) is 37.4 Å². The summed E-state index contributed by atoms with van der Waals surface area (Å²) in [5, 5.41) is 1.28. The lowest BCUT2D eigenvalue weighted by molar-refractivity contribution is 0.257. The Balaban J connectivity index is 1.87. The fourth-order valence-corrected chi connectivity index (χ4v) is 5.44. The van der Waals surface area contributed by atoms with E-state index in [1.165, 1.54) is 27.7 Å². The lowest BCUT2D eigenvalue weighted by atomic mass is 9.52. The van der Waals surface area contributed by atoms with Gasteiger partial charge < -0.3 is 9.72 Å². The molecule has 5 rings (SSSR count). The molecule has 0 unspecified atom stereocenters. The molecule has 0 saturated heterocycles. The minimum Gasteiger partial charge on any atom is -0.480 e. The van der Waals surface area contributed by atoms with Gasteiger partial charge >= 0.3 is 0 Å². The number of ether oxygens (including phenoxy) is 1. The number of rotatable bonds is 1. The van der Waals surface area contributed by atoms with Crippen molar-refractivity contribution in [1.82, 2.24) is 4.98 Å². The van der Waals surface area contributed by atoms with Crippen LogP contribution in [0.3, 0.4) is 0 Å². The van der Waals surface area contributed by atoms with Crippen molar-refractivity contribution in [2.75, 3.05) is 6.61 Å². The predicted molar refractivity (Wildman–Crippen MR) is 111 cm³/mol. The quantitative estimate of drug-likeness (QED) is 0.568. The molecule has 1 spiro atoms. The van der Waals surface area contributed by atoms with Gasteiger partial charge in [-0.3, -0.25) is 0 Å². The Hall–Kier alpha value is -2.81. The van der Waals surface area contributed by atoms with Crippen LogP contribution in [-0.4, -0.2) is 17.5 Å². The van der Waals surface area contributed by atoms with Crippen molar-refractivity contribution in [1.29, 1.82) is 0 Å². The maximum Gasteiger partial charge on any atom is 0.204 e. The van der Waals surface area contributed by atoms with Crippen molar-refractivity contribution in [3.8, 4) is 0 Å². The average molecular weight is 356 g/mol. The Morgan fingerprint density at radius 1 is 1.11 bits per heavy atom. The first kappa shape index (κ1) is 16.4. The smallest absolute Gasteiger partial charge is 0.204 e. The normalized spacial score (nSPS) is 22.6. The second-order valence-electron chi connectivity index (χ2n) is 8.05. The summed E-state index contributed by atoms with van der Waals surface area (Å²) >= 11 is 0. The Labute approximate surface area is 159 Å². The number of nitrogens with one attached hydrogen (secondary N) is 1. The zero-order valence-electron chi connectivity index (χ0n) is 16.1. The summed E-state index contributed by atoms with van der Waals surface area (Å²) < 4.78 is 6.17. The largest absolute Gasteiger partial charge is 0.480 e. The summed E-state index contributed by atoms with van der Waals surface area (Å²) in [6, 6.07) is 17.0. The molecule has 3 nitrogen and oxygen atoms in total. The monoisotopic (exact) mass is 356 g/mol. The summed E-state index contributed by atoms with van der Waals surface area (Å²) in [5.41, 5.74) is 6.45. The molecule has 1 N–H and O–H groups in total. The van der Waals surface area contributed by atoms with Crippen LogP contribution in [0.5, 0.6) is 0 Å². The molecule has 1 aliphatic heterocycles. The molecule has 1 atom stereocenters. The van der Waals surface area contributed by atoms with E-state index in [-0.39, 0.29) is 5.41 Å². The summed E-state index contributed by atoms with van der Waals surface area (Å²) in [6.07, 6.45) is 0.799. The number of aromatic amines is 1. The number of para-hydroxylation sites is 2. The molecule has 2 aliphatic rings. The van der Waals surface area contributed by atoms with E-state index in [9.17, 15) is 0 Å². The van der Waals surface area contributed by atoms with E-state index in [2.05, 4.69) is 67.9 Å². The van der Waals surface area contributed by atoms with Gasteiger partial charge in [0.25, 0.3) is 0 Å². The highest BCUT2D eigenvalue weighted by atomic mass is 16.5. The minimum atomic E-state index is -0.447. The summed E-state index contributed by atoms with van der Waals surface area (Å²) in [5.74, 6) is 0.789. The Kier molecular flexibility index (Phi) is 3.24. The molecular formula is C24H24N2O. The van der Waals surface area contributed by atoms with E-state index in [4.69, 9.17) is 9.73 Å². The molecule has 27 heavy (non-hydrogen) atoms. The molecule has 2 heterocycles. The van der Waals surface area contributed by atoms with Gasteiger partial charge in [-0.1, -0.05) is 62.4 Å². The third-order valence-electron chi connectivity index (χ3n) is 6.40. The lowest BCUT2D eigenvalue weighted by Crippen LogP contribution is -2.54. The molecule has 1 aliphatic carbocycles. The molecule has 136 valence electrons. The van der Waals surface area contributed by atoms with Crippen molar-refractivity contribution < 1.29 is 4.74 Å². The molecule has 0 amide bonds. The van der Waals surface area contributed by atoms with Crippen LogP contribution in [0.15, 0.2) is 65.7 Å². The number of fused-ring (bicyclic) bond motifs is 5. The fraction of sp³-hybridized carbons (Fsp3) is 0.292. The van der Waals surface area contributed by atoms with Gasteiger partial charge in [-0.2, -0.15) is 0 Å². The lowest BCUT2D eigenvalue weighted by Gasteiger charge is -2.49. The molecule has 1 aromatic heterocycles. The number of hydrogen-bond donors (Lipinski definition) is 1. The van der Waals surface area contributed by atoms with E-state index in [1.54, 1.807) is 0 Å². The standard InChI is InChI=1S/C24H24N2O/c1-5-27-22-24(17-11-7-9-13-19(17)26-22)15(2)14-20-21(23(24,3)4)16-10-6-8-12-18(16)25-20/h6-13,25H,2,5,14H2,1,3-4H3/t24-/m0/s1. The van der Waals surface area contributed by atoms with Gasteiger partial charge in [-0.25, -0.2) is 4.99 Å². The molecular weight excluding hydrogens is 332 g/mol. The predicted octanol–water partition coefficient (Wildman–Crippen LogP) is 5.58. The number of benzene rings is 2. The van der Waals surface area contributed by atoms with Gasteiger partial charge in [0.2, 0.25) is 5.90 Å².